The molecule has 27 heavy (non-hydrogen) atoms. The van der Waals surface area contributed by atoms with Crippen molar-refractivity contribution < 1.29 is 0 Å². The largest absolute Gasteiger partial charge is 0.366 e. The third-order valence-corrected chi connectivity index (χ3v) is 5.68. The molecule has 1 aliphatic rings. The summed E-state index contributed by atoms with van der Waals surface area (Å²) in [6, 6.07) is 21.0. The van der Waals surface area contributed by atoms with Gasteiger partial charge in [-0.15, -0.1) is 0 Å². The fraction of sp³-hybridized carbons (Fsp3) is 0.273. The Morgan fingerprint density at radius 3 is 2.44 bits per heavy atom. The van der Waals surface area contributed by atoms with Crippen LogP contribution in [0.1, 0.15) is 31.2 Å². The monoisotopic (exact) mass is 422 g/mol. The van der Waals surface area contributed by atoms with Crippen molar-refractivity contribution in [2.45, 2.75) is 38.3 Å². The predicted octanol–water partition coefficient (Wildman–Crippen LogP) is 5.87. The van der Waals surface area contributed by atoms with E-state index >= 15 is 0 Å². The molecule has 0 spiro atoms. The van der Waals surface area contributed by atoms with E-state index in [-0.39, 0.29) is 0 Å². The van der Waals surface area contributed by atoms with Crippen LogP contribution in [0.15, 0.2) is 65.1 Å². The summed E-state index contributed by atoms with van der Waals surface area (Å²) in [6.07, 6.45) is 4.95. The molecule has 0 saturated heterocycles. The molecule has 4 nitrogen and oxygen atoms in total. The van der Waals surface area contributed by atoms with Gasteiger partial charge in [0.05, 0.1) is 5.69 Å². The zero-order chi connectivity index (χ0) is 18.5. The average Bonchev–Trinajstić information content (AvgIpc) is 3.21. The van der Waals surface area contributed by atoms with Crippen LogP contribution in [0.25, 0.3) is 11.3 Å². The van der Waals surface area contributed by atoms with Crippen molar-refractivity contribution in [1.29, 1.82) is 0 Å². The van der Waals surface area contributed by atoms with Gasteiger partial charge in [-0.2, -0.15) is 4.98 Å². The molecule has 1 aliphatic carbocycles. The third-order valence-electron chi connectivity index (χ3n) is 4.90. The maximum absolute atomic E-state index is 4.77. The highest BCUT2D eigenvalue weighted by Crippen LogP contribution is 2.25. The molecule has 1 aromatic heterocycles. The van der Waals surface area contributed by atoms with Crippen LogP contribution < -0.4 is 10.6 Å². The first kappa shape index (κ1) is 18.0. The smallest absolute Gasteiger partial charge is 0.225 e. The summed E-state index contributed by atoms with van der Waals surface area (Å²) in [7, 11) is 0. The maximum atomic E-state index is 4.77. The maximum Gasteiger partial charge on any atom is 0.225 e. The van der Waals surface area contributed by atoms with Gasteiger partial charge in [-0.25, -0.2) is 4.98 Å². The van der Waals surface area contributed by atoms with Crippen molar-refractivity contribution in [1.82, 2.24) is 9.97 Å². The second-order valence-corrected chi connectivity index (χ2v) is 7.75. The first-order valence-electron chi connectivity index (χ1n) is 9.46. The lowest BCUT2D eigenvalue weighted by Gasteiger charge is -2.15. The number of hydrogen-bond acceptors (Lipinski definition) is 4. The molecule has 1 fully saturated rings. The van der Waals surface area contributed by atoms with Crippen molar-refractivity contribution in [3.05, 3.63) is 70.7 Å². The highest BCUT2D eigenvalue weighted by molar-refractivity contribution is 9.10. The number of rotatable bonds is 6. The van der Waals surface area contributed by atoms with E-state index in [9.17, 15) is 0 Å². The molecule has 0 radical (unpaired) electrons. The van der Waals surface area contributed by atoms with Crippen LogP contribution >= 0.6 is 15.9 Å². The van der Waals surface area contributed by atoms with Crippen molar-refractivity contribution in [3.63, 3.8) is 0 Å². The van der Waals surface area contributed by atoms with Gasteiger partial charge < -0.3 is 10.6 Å². The number of nitrogens with one attached hydrogen (secondary N) is 2. The van der Waals surface area contributed by atoms with E-state index in [2.05, 4.69) is 50.8 Å². The van der Waals surface area contributed by atoms with Crippen LogP contribution in [0.4, 0.5) is 11.8 Å². The van der Waals surface area contributed by atoms with E-state index in [4.69, 9.17) is 9.97 Å². The van der Waals surface area contributed by atoms with Gasteiger partial charge >= 0.3 is 0 Å². The second-order valence-electron chi connectivity index (χ2n) is 6.90. The van der Waals surface area contributed by atoms with Crippen molar-refractivity contribution >= 4 is 27.7 Å². The van der Waals surface area contributed by atoms with Gasteiger partial charge in [0.25, 0.3) is 0 Å². The van der Waals surface area contributed by atoms with E-state index in [1.54, 1.807) is 0 Å². The Labute approximate surface area is 168 Å². The normalized spacial score (nSPS) is 14.3. The van der Waals surface area contributed by atoms with Crippen molar-refractivity contribution in [3.8, 4) is 11.3 Å². The Hall–Kier alpha value is -2.40. The van der Waals surface area contributed by atoms with Crippen LogP contribution in [0, 0.1) is 0 Å². The molecule has 0 unspecified atom stereocenters. The highest BCUT2D eigenvalue weighted by Gasteiger charge is 2.16. The zero-order valence-corrected chi connectivity index (χ0v) is 16.7. The molecular formula is C22H23BrN4. The lowest BCUT2D eigenvalue weighted by atomic mass is 10.1. The fourth-order valence-corrected chi connectivity index (χ4v) is 3.86. The number of hydrogen-bond donors (Lipinski definition) is 2. The molecule has 5 heteroatoms. The van der Waals surface area contributed by atoms with Crippen LogP contribution in [0.3, 0.4) is 0 Å². The van der Waals surface area contributed by atoms with Crippen molar-refractivity contribution in [2.75, 3.05) is 10.6 Å². The molecule has 1 saturated carbocycles. The Morgan fingerprint density at radius 2 is 1.67 bits per heavy atom. The number of benzene rings is 2. The van der Waals surface area contributed by atoms with Crippen LogP contribution in [0.2, 0.25) is 0 Å². The summed E-state index contributed by atoms with van der Waals surface area (Å²) in [5, 5.41) is 6.99. The lowest BCUT2D eigenvalue weighted by Crippen LogP contribution is -2.17. The number of aromatic nitrogens is 2. The summed E-state index contributed by atoms with van der Waals surface area (Å²) in [5.74, 6) is 1.54. The summed E-state index contributed by atoms with van der Waals surface area (Å²) in [4.78, 5) is 9.49. The van der Waals surface area contributed by atoms with Gasteiger partial charge in [0.15, 0.2) is 0 Å². The predicted molar refractivity (Wildman–Crippen MR) is 115 cm³/mol. The van der Waals surface area contributed by atoms with Gasteiger partial charge in [0, 0.05) is 28.7 Å². The minimum absolute atomic E-state index is 0.479. The topological polar surface area (TPSA) is 49.8 Å². The average molecular weight is 423 g/mol. The van der Waals surface area contributed by atoms with Gasteiger partial charge in [-0.1, -0.05) is 77.3 Å². The standard InChI is InChI=1S/C22H23BrN4/c23-19-13-7-4-10-17(19)15-24-21-14-20(16-8-2-1-3-9-16)26-22(27-21)25-18-11-5-6-12-18/h1-4,7-10,13-14,18H,5-6,11-12,15H2,(H2,24,25,26,27). The highest BCUT2D eigenvalue weighted by atomic mass is 79.9. The minimum atomic E-state index is 0.479. The molecular weight excluding hydrogens is 400 g/mol. The molecule has 138 valence electrons. The molecule has 2 N–H and O–H groups in total. The van der Waals surface area contributed by atoms with E-state index in [1.165, 1.54) is 31.2 Å². The minimum Gasteiger partial charge on any atom is -0.366 e. The molecule has 0 bridgehead atoms. The summed E-state index contributed by atoms with van der Waals surface area (Å²) in [6.45, 7) is 0.704. The Balaban J connectivity index is 1.59. The molecule has 0 aliphatic heterocycles. The molecule has 0 atom stereocenters. The van der Waals surface area contributed by atoms with E-state index < -0.39 is 0 Å². The molecule has 3 aromatic rings. The Kier molecular flexibility index (Phi) is 5.68. The van der Waals surface area contributed by atoms with Crippen molar-refractivity contribution in [2.24, 2.45) is 0 Å². The van der Waals surface area contributed by atoms with E-state index in [0.29, 0.717) is 18.5 Å². The Bertz CT molecular complexity index is 892. The summed E-state index contributed by atoms with van der Waals surface area (Å²) in [5.41, 5.74) is 3.22. The molecule has 1 heterocycles. The summed E-state index contributed by atoms with van der Waals surface area (Å²) >= 11 is 3.61. The SMILES string of the molecule is Brc1ccccc1CNc1cc(-c2ccccc2)nc(NC2CCCC2)n1. The number of nitrogens with zero attached hydrogens (tertiary/aromatic N) is 2. The van der Waals surface area contributed by atoms with Gasteiger partial charge in [0.1, 0.15) is 5.82 Å². The number of anilines is 2. The summed E-state index contributed by atoms with van der Waals surface area (Å²) < 4.78 is 1.10. The quantitative estimate of drug-likeness (QED) is 0.521. The van der Waals surface area contributed by atoms with Gasteiger partial charge in [-0.05, 0) is 24.5 Å². The van der Waals surface area contributed by atoms with Crippen LogP contribution in [0.5, 0.6) is 0 Å². The lowest BCUT2D eigenvalue weighted by molar-refractivity contribution is 0.744. The van der Waals surface area contributed by atoms with E-state index in [1.807, 2.05) is 36.4 Å². The third kappa shape index (κ3) is 4.66. The zero-order valence-electron chi connectivity index (χ0n) is 15.2. The Morgan fingerprint density at radius 1 is 0.926 bits per heavy atom. The molecule has 2 aromatic carbocycles. The van der Waals surface area contributed by atoms with E-state index in [0.717, 1.165) is 21.5 Å². The molecule has 4 rings (SSSR count). The first-order chi connectivity index (χ1) is 13.3. The number of halogens is 1. The van der Waals surface area contributed by atoms with Gasteiger partial charge in [0.2, 0.25) is 5.95 Å². The first-order valence-corrected chi connectivity index (χ1v) is 10.3. The van der Waals surface area contributed by atoms with Gasteiger partial charge in [-0.3, -0.25) is 0 Å². The fourth-order valence-electron chi connectivity index (χ4n) is 3.44. The van der Waals surface area contributed by atoms with Crippen LogP contribution in [-0.2, 0) is 6.54 Å². The second kappa shape index (κ2) is 8.53. The van der Waals surface area contributed by atoms with Crippen LogP contribution in [-0.4, -0.2) is 16.0 Å². The molecule has 0 amide bonds.